The number of pyridine rings is 1. The molecule has 0 radical (unpaired) electrons. The number of carbonyl (C=O) groups is 1. The molecule has 1 amide bonds. The van der Waals surface area contributed by atoms with Crippen molar-refractivity contribution in [2.75, 3.05) is 7.11 Å². The van der Waals surface area contributed by atoms with E-state index in [2.05, 4.69) is 31.3 Å². The molecule has 2 aromatic heterocycles. The second-order valence-corrected chi connectivity index (χ2v) is 6.33. The van der Waals surface area contributed by atoms with Crippen LogP contribution >= 0.6 is 15.9 Å². The maximum Gasteiger partial charge on any atom is 0.252 e. The van der Waals surface area contributed by atoms with Gasteiger partial charge in [-0.05, 0) is 51.8 Å². The number of halogens is 1. The van der Waals surface area contributed by atoms with E-state index in [1.807, 2.05) is 25.4 Å². The van der Waals surface area contributed by atoms with Crippen LogP contribution in [0.25, 0.3) is 11.3 Å². The van der Waals surface area contributed by atoms with Crippen molar-refractivity contribution in [1.82, 2.24) is 20.1 Å². The molecule has 0 aliphatic rings. The summed E-state index contributed by atoms with van der Waals surface area (Å²) in [6.45, 7) is 0.401. The van der Waals surface area contributed by atoms with Crippen LogP contribution < -0.4 is 10.1 Å². The number of ether oxygens (including phenoxy) is 1. The third kappa shape index (κ3) is 4.06. The molecule has 6 nitrogen and oxygen atoms in total. The average molecular weight is 401 g/mol. The molecule has 0 aliphatic heterocycles. The maximum atomic E-state index is 12.4. The summed E-state index contributed by atoms with van der Waals surface area (Å²) in [6, 6.07) is 9.11. The van der Waals surface area contributed by atoms with Gasteiger partial charge in [0.1, 0.15) is 5.75 Å². The van der Waals surface area contributed by atoms with Crippen molar-refractivity contribution in [1.29, 1.82) is 0 Å². The second kappa shape index (κ2) is 7.48. The molecule has 0 bridgehead atoms. The van der Waals surface area contributed by atoms with Crippen molar-refractivity contribution >= 4 is 21.8 Å². The van der Waals surface area contributed by atoms with Crippen LogP contribution in [0.4, 0.5) is 0 Å². The number of benzene rings is 1. The predicted molar refractivity (Wildman–Crippen MR) is 98.3 cm³/mol. The van der Waals surface area contributed by atoms with Crippen LogP contribution in [-0.2, 0) is 13.6 Å². The second-order valence-electron chi connectivity index (χ2n) is 5.48. The number of nitrogens with zero attached hydrogens (tertiary/aromatic N) is 3. The van der Waals surface area contributed by atoms with E-state index in [9.17, 15) is 4.79 Å². The zero-order valence-electron chi connectivity index (χ0n) is 13.9. The summed E-state index contributed by atoms with van der Waals surface area (Å²) in [5.74, 6) is 0.460. The summed E-state index contributed by atoms with van der Waals surface area (Å²) < 4.78 is 7.62. The van der Waals surface area contributed by atoms with Crippen LogP contribution in [0, 0.1) is 0 Å². The van der Waals surface area contributed by atoms with Crippen molar-refractivity contribution in [2.24, 2.45) is 7.05 Å². The molecule has 7 heteroatoms. The summed E-state index contributed by atoms with van der Waals surface area (Å²) in [5.41, 5.74) is 3.25. The largest absolute Gasteiger partial charge is 0.497 e. The number of amides is 1. The SMILES string of the molecule is COc1ccc(Br)c(C(=O)NCc2ccnc(-c3cnn(C)c3)c2)c1. The first-order valence-electron chi connectivity index (χ1n) is 7.62. The van der Waals surface area contributed by atoms with Gasteiger partial charge in [0.05, 0.1) is 24.6 Å². The Hall–Kier alpha value is -2.67. The molecule has 25 heavy (non-hydrogen) atoms. The highest BCUT2D eigenvalue weighted by Gasteiger charge is 2.11. The Bertz CT molecular complexity index is 908. The van der Waals surface area contributed by atoms with E-state index in [-0.39, 0.29) is 5.91 Å². The van der Waals surface area contributed by atoms with E-state index in [0.717, 1.165) is 21.3 Å². The van der Waals surface area contributed by atoms with Gasteiger partial charge in [0, 0.05) is 36.0 Å². The molecule has 0 aliphatic carbocycles. The zero-order chi connectivity index (χ0) is 17.8. The van der Waals surface area contributed by atoms with Gasteiger partial charge in [-0.1, -0.05) is 0 Å². The Morgan fingerprint density at radius 3 is 2.88 bits per heavy atom. The van der Waals surface area contributed by atoms with E-state index in [0.29, 0.717) is 17.9 Å². The molecule has 3 rings (SSSR count). The average Bonchev–Trinajstić information content (AvgIpc) is 3.07. The van der Waals surface area contributed by atoms with E-state index in [1.54, 1.807) is 42.4 Å². The van der Waals surface area contributed by atoms with Crippen molar-refractivity contribution in [3.05, 3.63) is 64.5 Å². The predicted octanol–water partition coefficient (Wildman–Crippen LogP) is 3.18. The molecule has 0 saturated carbocycles. The topological polar surface area (TPSA) is 69.0 Å². The lowest BCUT2D eigenvalue weighted by atomic mass is 10.1. The fourth-order valence-electron chi connectivity index (χ4n) is 2.38. The Kier molecular flexibility index (Phi) is 5.14. The molecule has 128 valence electrons. The first-order chi connectivity index (χ1) is 12.1. The fourth-order valence-corrected chi connectivity index (χ4v) is 2.81. The Balaban J connectivity index is 1.72. The summed E-state index contributed by atoms with van der Waals surface area (Å²) in [4.78, 5) is 16.8. The number of aryl methyl sites for hydroxylation is 1. The summed E-state index contributed by atoms with van der Waals surface area (Å²) in [7, 11) is 3.43. The number of aromatic nitrogens is 3. The minimum atomic E-state index is -0.175. The van der Waals surface area contributed by atoms with Crippen LogP contribution in [0.2, 0.25) is 0 Å². The quantitative estimate of drug-likeness (QED) is 0.713. The Morgan fingerprint density at radius 1 is 1.32 bits per heavy atom. The molecule has 0 unspecified atom stereocenters. The molecular formula is C18H17BrN4O2. The first kappa shape index (κ1) is 17.2. The van der Waals surface area contributed by atoms with E-state index in [4.69, 9.17) is 4.74 Å². The minimum absolute atomic E-state index is 0.175. The molecule has 0 spiro atoms. The van der Waals surface area contributed by atoms with E-state index in [1.165, 1.54) is 0 Å². The number of hydrogen-bond acceptors (Lipinski definition) is 4. The van der Waals surface area contributed by atoms with E-state index < -0.39 is 0 Å². The van der Waals surface area contributed by atoms with Crippen LogP contribution in [0.3, 0.4) is 0 Å². The molecular weight excluding hydrogens is 384 g/mol. The first-order valence-corrected chi connectivity index (χ1v) is 8.42. The lowest BCUT2D eigenvalue weighted by Gasteiger charge is -2.09. The highest BCUT2D eigenvalue weighted by Crippen LogP contribution is 2.22. The molecule has 2 heterocycles. The van der Waals surface area contributed by atoms with Crippen LogP contribution in [-0.4, -0.2) is 27.8 Å². The fraction of sp³-hybridized carbons (Fsp3) is 0.167. The molecule has 0 fully saturated rings. The Morgan fingerprint density at radius 2 is 2.16 bits per heavy atom. The molecule has 3 aromatic rings. The number of carbonyl (C=O) groups excluding carboxylic acids is 1. The smallest absolute Gasteiger partial charge is 0.252 e. The number of hydrogen-bond donors (Lipinski definition) is 1. The standard InChI is InChI=1S/C18H17BrN4O2/c1-23-11-13(10-22-23)17-7-12(5-6-20-17)9-21-18(24)15-8-14(25-2)3-4-16(15)19/h3-8,10-11H,9H2,1-2H3,(H,21,24). The van der Waals surface area contributed by atoms with Crippen molar-refractivity contribution in [3.63, 3.8) is 0 Å². The number of nitrogens with one attached hydrogen (secondary N) is 1. The zero-order valence-corrected chi connectivity index (χ0v) is 15.4. The van der Waals surface area contributed by atoms with Gasteiger partial charge in [-0.25, -0.2) is 0 Å². The van der Waals surface area contributed by atoms with Gasteiger partial charge in [-0.15, -0.1) is 0 Å². The van der Waals surface area contributed by atoms with Crippen molar-refractivity contribution in [2.45, 2.75) is 6.54 Å². The monoisotopic (exact) mass is 400 g/mol. The summed E-state index contributed by atoms with van der Waals surface area (Å²) in [5, 5.41) is 7.07. The van der Waals surface area contributed by atoms with E-state index >= 15 is 0 Å². The molecule has 0 saturated heterocycles. The Labute approximate surface area is 154 Å². The lowest BCUT2D eigenvalue weighted by Crippen LogP contribution is -2.23. The van der Waals surface area contributed by atoms with Crippen LogP contribution in [0.15, 0.2) is 53.4 Å². The molecule has 1 aromatic carbocycles. The molecule has 0 atom stereocenters. The maximum absolute atomic E-state index is 12.4. The third-order valence-electron chi connectivity index (χ3n) is 3.70. The van der Waals surface area contributed by atoms with Gasteiger partial charge < -0.3 is 10.1 Å². The van der Waals surface area contributed by atoms with Gasteiger partial charge >= 0.3 is 0 Å². The van der Waals surface area contributed by atoms with Gasteiger partial charge in [0.2, 0.25) is 0 Å². The highest BCUT2D eigenvalue weighted by molar-refractivity contribution is 9.10. The summed E-state index contributed by atoms with van der Waals surface area (Å²) in [6.07, 6.45) is 5.39. The summed E-state index contributed by atoms with van der Waals surface area (Å²) >= 11 is 3.40. The van der Waals surface area contributed by atoms with Crippen LogP contribution in [0.5, 0.6) is 5.75 Å². The number of methoxy groups -OCH3 is 1. The van der Waals surface area contributed by atoms with Gasteiger partial charge in [-0.2, -0.15) is 5.10 Å². The normalized spacial score (nSPS) is 10.5. The number of rotatable bonds is 5. The van der Waals surface area contributed by atoms with Gasteiger partial charge in [0.25, 0.3) is 5.91 Å². The van der Waals surface area contributed by atoms with Crippen LogP contribution in [0.1, 0.15) is 15.9 Å². The third-order valence-corrected chi connectivity index (χ3v) is 4.39. The highest BCUT2D eigenvalue weighted by atomic mass is 79.9. The van der Waals surface area contributed by atoms with Crippen molar-refractivity contribution < 1.29 is 9.53 Å². The lowest BCUT2D eigenvalue weighted by molar-refractivity contribution is 0.0950. The van der Waals surface area contributed by atoms with Gasteiger partial charge in [0.15, 0.2) is 0 Å². The van der Waals surface area contributed by atoms with Crippen molar-refractivity contribution in [3.8, 4) is 17.0 Å². The van der Waals surface area contributed by atoms with Gasteiger partial charge in [-0.3, -0.25) is 14.5 Å². The minimum Gasteiger partial charge on any atom is -0.497 e. The molecule has 1 N–H and O–H groups in total.